The summed E-state index contributed by atoms with van der Waals surface area (Å²) in [6.07, 6.45) is 3.51. The maximum Gasteiger partial charge on any atom is 0.130 e. The van der Waals surface area contributed by atoms with E-state index in [0.29, 0.717) is 32.5 Å². The molecule has 1 fully saturated rings. The number of aryl methyl sites for hydroxylation is 1. The highest BCUT2D eigenvalue weighted by molar-refractivity contribution is 5.19. The highest BCUT2D eigenvalue weighted by Gasteiger charge is 2.21. The normalized spacial score (nSPS) is 14.8. The van der Waals surface area contributed by atoms with Crippen LogP contribution in [0.25, 0.3) is 0 Å². The molecule has 1 N–H and O–H groups in total. The monoisotopic (exact) mass is 297 g/mol. The summed E-state index contributed by atoms with van der Waals surface area (Å²) < 4.78 is 21.7. The van der Waals surface area contributed by atoms with Crippen molar-refractivity contribution in [3.05, 3.63) is 23.2 Å². The molecule has 0 amide bonds. The zero-order valence-corrected chi connectivity index (χ0v) is 13.2. The van der Waals surface area contributed by atoms with E-state index in [2.05, 4.69) is 18.3 Å². The molecule has 0 saturated heterocycles. The van der Waals surface area contributed by atoms with E-state index in [4.69, 9.17) is 18.6 Å². The SMILES string of the molecule is COCCCOCCOCc1cc(C)c(CNC2CC2)o1. The first-order chi connectivity index (χ1) is 10.3. The first-order valence-corrected chi connectivity index (χ1v) is 7.75. The van der Waals surface area contributed by atoms with Gasteiger partial charge < -0.3 is 23.9 Å². The highest BCUT2D eigenvalue weighted by atomic mass is 16.5. The van der Waals surface area contributed by atoms with Crippen LogP contribution in [0.15, 0.2) is 10.5 Å². The van der Waals surface area contributed by atoms with Gasteiger partial charge in [-0.1, -0.05) is 0 Å². The van der Waals surface area contributed by atoms with Gasteiger partial charge in [-0.05, 0) is 37.8 Å². The van der Waals surface area contributed by atoms with Gasteiger partial charge in [0.2, 0.25) is 0 Å². The summed E-state index contributed by atoms with van der Waals surface area (Å²) in [4.78, 5) is 0. The molecule has 120 valence electrons. The van der Waals surface area contributed by atoms with Crippen molar-refractivity contribution in [1.82, 2.24) is 5.32 Å². The molecule has 0 unspecified atom stereocenters. The van der Waals surface area contributed by atoms with Crippen molar-refractivity contribution in [2.75, 3.05) is 33.5 Å². The molecule has 0 radical (unpaired) electrons. The number of furan rings is 1. The second-order valence-corrected chi connectivity index (χ2v) is 5.49. The fourth-order valence-electron chi connectivity index (χ4n) is 2.06. The standard InChI is InChI=1S/C16H27NO4/c1-13-10-15(21-16(13)11-17-14-4-5-14)12-20-9-8-19-7-3-6-18-2/h10,14,17H,3-9,11-12H2,1-2H3. The van der Waals surface area contributed by atoms with Gasteiger partial charge in [-0.15, -0.1) is 0 Å². The molecule has 2 rings (SSSR count). The summed E-state index contributed by atoms with van der Waals surface area (Å²) in [5.74, 6) is 1.91. The van der Waals surface area contributed by atoms with E-state index in [1.54, 1.807) is 7.11 Å². The third-order valence-corrected chi connectivity index (χ3v) is 3.45. The zero-order valence-electron chi connectivity index (χ0n) is 13.2. The van der Waals surface area contributed by atoms with Gasteiger partial charge in [0.25, 0.3) is 0 Å². The highest BCUT2D eigenvalue weighted by Crippen LogP contribution is 2.21. The lowest BCUT2D eigenvalue weighted by Crippen LogP contribution is -2.15. The topological polar surface area (TPSA) is 52.9 Å². The quantitative estimate of drug-likeness (QED) is 0.600. The van der Waals surface area contributed by atoms with E-state index >= 15 is 0 Å². The van der Waals surface area contributed by atoms with E-state index in [1.165, 1.54) is 18.4 Å². The Morgan fingerprint density at radius 2 is 2.00 bits per heavy atom. The minimum Gasteiger partial charge on any atom is -0.462 e. The molecule has 0 aliphatic heterocycles. The Hall–Kier alpha value is -0.880. The van der Waals surface area contributed by atoms with Crippen molar-refractivity contribution in [1.29, 1.82) is 0 Å². The molecule has 1 saturated carbocycles. The summed E-state index contributed by atoms with van der Waals surface area (Å²) in [6, 6.07) is 2.76. The Balaban J connectivity index is 1.54. The summed E-state index contributed by atoms with van der Waals surface area (Å²) in [5, 5.41) is 3.46. The fourth-order valence-corrected chi connectivity index (χ4v) is 2.06. The predicted molar refractivity (Wildman–Crippen MR) is 80.3 cm³/mol. The van der Waals surface area contributed by atoms with E-state index in [-0.39, 0.29) is 0 Å². The molecule has 0 bridgehead atoms. The lowest BCUT2D eigenvalue weighted by molar-refractivity contribution is 0.0284. The maximum atomic E-state index is 5.81. The third kappa shape index (κ3) is 6.61. The smallest absolute Gasteiger partial charge is 0.130 e. The van der Waals surface area contributed by atoms with E-state index in [0.717, 1.165) is 31.1 Å². The molecule has 0 aromatic carbocycles. The molecular formula is C16H27NO4. The zero-order chi connectivity index (χ0) is 14.9. The molecule has 5 nitrogen and oxygen atoms in total. The van der Waals surface area contributed by atoms with Gasteiger partial charge in [0.15, 0.2) is 0 Å². The molecule has 5 heteroatoms. The van der Waals surface area contributed by atoms with Crippen LogP contribution >= 0.6 is 0 Å². The van der Waals surface area contributed by atoms with Gasteiger partial charge in [0, 0.05) is 26.4 Å². The molecular weight excluding hydrogens is 270 g/mol. The average Bonchev–Trinajstić information content (AvgIpc) is 3.23. The van der Waals surface area contributed by atoms with Crippen LogP contribution in [-0.2, 0) is 27.4 Å². The third-order valence-electron chi connectivity index (χ3n) is 3.45. The van der Waals surface area contributed by atoms with Gasteiger partial charge in [-0.3, -0.25) is 0 Å². The van der Waals surface area contributed by atoms with Crippen LogP contribution in [0.4, 0.5) is 0 Å². The van der Waals surface area contributed by atoms with Crippen LogP contribution in [-0.4, -0.2) is 39.6 Å². The number of rotatable bonds is 12. The van der Waals surface area contributed by atoms with E-state index < -0.39 is 0 Å². The maximum absolute atomic E-state index is 5.81. The lowest BCUT2D eigenvalue weighted by Gasteiger charge is -2.04. The van der Waals surface area contributed by atoms with Crippen LogP contribution in [0.5, 0.6) is 0 Å². The molecule has 0 spiro atoms. The van der Waals surface area contributed by atoms with E-state index in [9.17, 15) is 0 Å². The molecule has 1 aromatic heterocycles. The molecule has 0 atom stereocenters. The van der Waals surface area contributed by atoms with Gasteiger partial charge in [-0.2, -0.15) is 0 Å². The predicted octanol–water partition coefficient (Wildman–Crippen LogP) is 2.41. The van der Waals surface area contributed by atoms with Crippen molar-refractivity contribution in [2.24, 2.45) is 0 Å². The number of methoxy groups -OCH3 is 1. The van der Waals surface area contributed by atoms with Crippen LogP contribution in [0.2, 0.25) is 0 Å². The number of nitrogens with one attached hydrogen (secondary N) is 1. The minimum absolute atomic E-state index is 0.506. The van der Waals surface area contributed by atoms with Gasteiger partial charge >= 0.3 is 0 Å². The number of ether oxygens (including phenoxy) is 3. The average molecular weight is 297 g/mol. The first-order valence-electron chi connectivity index (χ1n) is 7.75. The van der Waals surface area contributed by atoms with Crippen LogP contribution in [0.3, 0.4) is 0 Å². The van der Waals surface area contributed by atoms with Crippen molar-refractivity contribution in [3.63, 3.8) is 0 Å². The second kappa shape index (κ2) is 9.20. The molecule has 1 aliphatic carbocycles. The Morgan fingerprint density at radius 3 is 2.76 bits per heavy atom. The van der Waals surface area contributed by atoms with Gasteiger partial charge in [0.05, 0.1) is 19.8 Å². The second-order valence-electron chi connectivity index (χ2n) is 5.49. The molecule has 1 aromatic rings. The summed E-state index contributed by atoms with van der Waals surface area (Å²) >= 11 is 0. The van der Waals surface area contributed by atoms with Gasteiger partial charge in [0.1, 0.15) is 18.1 Å². The number of hydrogen-bond acceptors (Lipinski definition) is 5. The largest absolute Gasteiger partial charge is 0.462 e. The minimum atomic E-state index is 0.506. The summed E-state index contributed by atoms with van der Waals surface area (Å²) in [5.41, 5.74) is 1.19. The van der Waals surface area contributed by atoms with Crippen LogP contribution in [0.1, 0.15) is 36.3 Å². The Labute approximate surface area is 126 Å². The van der Waals surface area contributed by atoms with E-state index in [1.807, 2.05) is 0 Å². The Morgan fingerprint density at radius 1 is 1.19 bits per heavy atom. The van der Waals surface area contributed by atoms with Crippen molar-refractivity contribution in [3.8, 4) is 0 Å². The van der Waals surface area contributed by atoms with Gasteiger partial charge in [-0.25, -0.2) is 0 Å². The summed E-state index contributed by atoms with van der Waals surface area (Å²) in [6.45, 7) is 6.06. The molecule has 1 heterocycles. The van der Waals surface area contributed by atoms with Crippen molar-refractivity contribution < 1.29 is 18.6 Å². The van der Waals surface area contributed by atoms with Crippen molar-refractivity contribution in [2.45, 2.75) is 45.4 Å². The Bertz CT molecular complexity index is 401. The van der Waals surface area contributed by atoms with Crippen LogP contribution < -0.4 is 5.32 Å². The van der Waals surface area contributed by atoms with Crippen molar-refractivity contribution >= 4 is 0 Å². The molecule has 21 heavy (non-hydrogen) atoms. The number of hydrogen-bond donors (Lipinski definition) is 1. The van der Waals surface area contributed by atoms with Crippen LogP contribution in [0, 0.1) is 6.92 Å². The lowest BCUT2D eigenvalue weighted by atomic mass is 10.2. The summed E-state index contributed by atoms with van der Waals surface area (Å²) in [7, 11) is 1.70. The fraction of sp³-hybridized carbons (Fsp3) is 0.750. The first kappa shape index (κ1) is 16.5. The molecule has 1 aliphatic rings. The Kier molecular flexibility index (Phi) is 7.23.